The van der Waals surface area contributed by atoms with Crippen LogP contribution in [0.15, 0.2) is 93.0 Å². The van der Waals surface area contributed by atoms with Crippen molar-refractivity contribution in [3.63, 3.8) is 0 Å². The normalized spacial score (nSPS) is 12.1. The van der Waals surface area contributed by atoms with E-state index in [1.54, 1.807) is 42.5 Å². The minimum atomic E-state index is -4.49. The molecule has 0 aromatic heterocycles. The first kappa shape index (κ1) is 21.6. The molecule has 3 rings (SSSR count). The van der Waals surface area contributed by atoms with Gasteiger partial charge in [0.25, 0.3) is 10.1 Å². The molecule has 0 bridgehead atoms. The number of hydrogen-bond donors (Lipinski definition) is 4. The maximum Gasteiger partial charge on any atom is 0.337 e. The summed E-state index contributed by atoms with van der Waals surface area (Å²) in [4.78, 5) is 10.9. The van der Waals surface area contributed by atoms with Gasteiger partial charge in [-0.15, -0.1) is 10.2 Å². The highest BCUT2D eigenvalue weighted by Gasteiger charge is 2.13. The van der Waals surface area contributed by atoms with E-state index < -0.39 is 21.0 Å². The summed E-state index contributed by atoms with van der Waals surface area (Å²) in [5.74, 6) is -1.47. The molecule has 0 aliphatic rings. The largest absolute Gasteiger partial charge is 0.506 e. The van der Waals surface area contributed by atoms with E-state index in [1.165, 1.54) is 12.1 Å². The molecule has 0 aliphatic heterocycles. The average molecular weight is 440 g/mol. The Labute approximate surface area is 177 Å². The second-order valence-corrected chi connectivity index (χ2v) is 7.51. The average Bonchev–Trinajstić information content (AvgIpc) is 2.75. The van der Waals surface area contributed by atoms with Gasteiger partial charge in [0.05, 0.1) is 16.1 Å². The highest BCUT2D eigenvalue weighted by molar-refractivity contribution is 7.85. The van der Waals surface area contributed by atoms with Crippen LogP contribution in [-0.4, -0.2) is 35.0 Å². The number of nitrogens with zero attached hydrogens (tertiary/aromatic N) is 3. The number of anilines is 1. The van der Waals surface area contributed by atoms with Crippen molar-refractivity contribution in [2.24, 2.45) is 15.3 Å². The van der Waals surface area contributed by atoms with Crippen molar-refractivity contribution in [3.05, 3.63) is 83.9 Å². The topological polar surface area (TPSA) is 161 Å². The number of benzene rings is 3. The number of amidine groups is 1. The van der Waals surface area contributed by atoms with E-state index >= 15 is 0 Å². The van der Waals surface area contributed by atoms with Gasteiger partial charge in [-0.3, -0.25) is 9.98 Å². The molecule has 3 aromatic rings. The number of carboxylic acid groups (broad SMARTS) is 1. The van der Waals surface area contributed by atoms with Crippen LogP contribution in [0.2, 0.25) is 0 Å². The molecule has 0 unspecified atom stereocenters. The van der Waals surface area contributed by atoms with Gasteiger partial charge in [-0.05, 0) is 30.3 Å². The highest BCUT2D eigenvalue weighted by atomic mass is 32.2. The monoisotopic (exact) mass is 440 g/mol. The number of nitrogens with one attached hydrogen (secondary N) is 1. The van der Waals surface area contributed by atoms with Crippen LogP contribution in [0.1, 0.15) is 15.9 Å². The molecule has 0 saturated carbocycles. The van der Waals surface area contributed by atoms with Gasteiger partial charge in [-0.25, -0.2) is 4.79 Å². The Morgan fingerprint density at radius 2 is 1.61 bits per heavy atom. The third kappa shape index (κ3) is 5.50. The Balaban J connectivity index is 2.00. The molecule has 158 valence electrons. The number of hydrogen-bond acceptors (Lipinski definition) is 7. The van der Waals surface area contributed by atoms with Crippen LogP contribution < -0.4 is 5.43 Å². The van der Waals surface area contributed by atoms with Gasteiger partial charge < -0.3 is 10.2 Å². The molecule has 31 heavy (non-hydrogen) atoms. The molecule has 0 atom stereocenters. The van der Waals surface area contributed by atoms with Crippen LogP contribution in [0.4, 0.5) is 11.4 Å². The van der Waals surface area contributed by atoms with E-state index in [0.717, 1.165) is 18.2 Å². The molecular weight excluding hydrogens is 424 g/mol. The number of hydrazone groups is 1. The fourth-order valence-corrected chi connectivity index (χ4v) is 2.96. The lowest BCUT2D eigenvalue weighted by Crippen LogP contribution is -2.03. The van der Waals surface area contributed by atoms with E-state index in [0.29, 0.717) is 5.56 Å². The summed E-state index contributed by atoms with van der Waals surface area (Å²) in [6, 6.07) is 17.7. The molecule has 0 saturated heterocycles. The number of rotatable bonds is 6. The molecule has 0 heterocycles. The Morgan fingerprint density at radius 1 is 0.935 bits per heavy atom. The van der Waals surface area contributed by atoms with Crippen LogP contribution in [0, 0.1) is 0 Å². The van der Waals surface area contributed by atoms with E-state index in [9.17, 15) is 28.0 Å². The number of carboxylic acids is 1. The Morgan fingerprint density at radius 3 is 2.29 bits per heavy atom. The minimum Gasteiger partial charge on any atom is -0.506 e. The first-order chi connectivity index (χ1) is 14.8. The number of carbonyl (C=O) groups is 1. The fraction of sp³-hybridized carbons (Fsp3) is 0. The van der Waals surface area contributed by atoms with Gasteiger partial charge in [0.1, 0.15) is 11.4 Å². The van der Waals surface area contributed by atoms with E-state index in [-0.39, 0.29) is 28.5 Å². The Hall–Kier alpha value is -4.09. The van der Waals surface area contributed by atoms with E-state index in [2.05, 4.69) is 20.8 Å². The smallest absolute Gasteiger partial charge is 0.337 e. The molecule has 3 aromatic carbocycles. The van der Waals surface area contributed by atoms with Gasteiger partial charge in [0.15, 0.2) is 0 Å². The zero-order chi connectivity index (χ0) is 22.4. The van der Waals surface area contributed by atoms with Crippen molar-refractivity contribution in [2.75, 3.05) is 5.43 Å². The molecule has 0 aliphatic carbocycles. The predicted molar refractivity (Wildman–Crippen MR) is 112 cm³/mol. The standard InChI is InChI=1S/C20H16N4O6S/c25-18-11-10-14(31(28,29)30)12-17(18)22-24-19(13-6-2-1-3-7-13)23-21-16-9-5-4-8-15(16)20(26)27/h1-12,22,25H,(H,26,27)(H,28,29,30)/b23-21+,24-19+. The molecule has 0 amide bonds. The lowest BCUT2D eigenvalue weighted by atomic mass is 10.2. The minimum absolute atomic E-state index is 0.0254. The van der Waals surface area contributed by atoms with Gasteiger partial charge in [0.2, 0.25) is 5.84 Å². The zero-order valence-electron chi connectivity index (χ0n) is 15.7. The molecule has 4 N–H and O–H groups in total. The van der Waals surface area contributed by atoms with Gasteiger partial charge in [-0.1, -0.05) is 42.5 Å². The van der Waals surface area contributed by atoms with Crippen molar-refractivity contribution in [1.29, 1.82) is 0 Å². The first-order valence-corrected chi connectivity index (χ1v) is 10.1. The highest BCUT2D eigenvalue weighted by Crippen LogP contribution is 2.26. The van der Waals surface area contributed by atoms with Gasteiger partial charge >= 0.3 is 5.97 Å². The predicted octanol–water partition coefficient (Wildman–Crippen LogP) is 3.89. The maximum absolute atomic E-state index is 11.4. The van der Waals surface area contributed by atoms with Crippen molar-refractivity contribution < 1.29 is 28.0 Å². The van der Waals surface area contributed by atoms with Crippen molar-refractivity contribution in [3.8, 4) is 5.75 Å². The van der Waals surface area contributed by atoms with E-state index in [4.69, 9.17) is 0 Å². The number of phenolic OH excluding ortho intramolecular Hbond substituents is 1. The lowest BCUT2D eigenvalue weighted by molar-refractivity contribution is 0.0697. The quantitative estimate of drug-likeness (QED) is 0.113. The summed E-state index contributed by atoms with van der Waals surface area (Å²) in [6.45, 7) is 0. The van der Waals surface area contributed by atoms with Crippen LogP contribution in [-0.2, 0) is 10.1 Å². The molecular formula is C20H16N4O6S. The first-order valence-electron chi connectivity index (χ1n) is 8.69. The maximum atomic E-state index is 11.4. The van der Waals surface area contributed by atoms with E-state index in [1.807, 2.05) is 0 Å². The van der Waals surface area contributed by atoms with Gasteiger partial charge in [-0.2, -0.15) is 13.5 Å². The number of aromatic carboxylic acids is 1. The van der Waals surface area contributed by atoms with Crippen LogP contribution in [0.3, 0.4) is 0 Å². The zero-order valence-corrected chi connectivity index (χ0v) is 16.6. The Bertz CT molecular complexity index is 1270. The summed E-state index contributed by atoms with van der Waals surface area (Å²) in [5, 5.41) is 31.3. The molecule has 0 radical (unpaired) electrons. The second kappa shape index (κ2) is 9.15. The SMILES string of the molecule is O=C(O)c1ccccc1/N=N/C(=N/Nc1cc(S(=O)(=O)O)ccc1O)c1ccccc1. The third-order valence-corrected chi connectivity index (χ3v) is 4.82. The summed E-state index contributed by atoms with van der Waals surface area (Å²) in [5.41, 5.74) is 2.95. The summed E-state index contributed by atoms with van der Waals surface area (Å²) < 4.78 is 31.8. The fourth-order valence-electron chi connectivity index (χ4n) is 2.45. The molecule has 0 fully saturated rings. The van der Waals surface area contributed by atoms with Gasteiger partial charge in [0, 0.05) is 5.56 Å². The molecule has 10 nitrogen and oxygen atoms in total. The lowest BCUT2D eigenvalue weighted by Gasteiger charge is -2.07. The van der Waals surface area contributed by atoms with Crippen LogP contribution >= 0.6 is 0 Å². The van der Waals surface area contributed by atoms with Crippen LogP contribution in [0.25, 0.3) is 0 Å². The summed E-state index contributed by atoms with van der Waals surface area (Å²) >= 11 is 0. The summed E-state index contributed by atoms with van der Waals surface area (Å²) in [6.07, 6.45) is 0. The van der Waals surface area contributed by atoms with Crippen molar-refractivity contribution in [2.45, 2.75) is 4.90 Å². The number of azo groups is 1. The third-order valence-electron chi connectivity index (χ3n) is 3.97. The summed E-state index contributed by atoms with van der Waals surface area (Å²) in [7, 11) is -4.49. The molecule has 0 spiro atoms. The number of phenols is 1. The van der Waals surface area contributed by atoms with Crippen molar-refractivity contribution in [1.82, 2.24) is 0 Å². The molecule has 11 heteroatoms. The van der Waals surface area contributed by atoms with Crippen LogP contribution in [0.5, 0.6) is 5.75 Å². The number of aromatic hydroxyl groups is 1. The Kier molecular flexibility index (Phi) is 6.38. The second-order valence-electron chi connectivity index (χ2n) is 6.09. The van der Waals surface area contributed by atoms with Crippen molar-refractivity contribution >= 4 is 33.3 Å².